The number of halogens is 2. The molecule has 1 aromatic rings. The molecule has 1 heterocycles. The van der Waals surface area contributed by atoms with E-state index in [0.717, 1.165) is 45.0 Å². The Labute approximate surface area is 133 Å². The number of urea groups is 1. The fraction of sp³-hybridized carbons (Fsp3) is 0.533. The second-order valence-corrected chi connectivity index (χ2v) is 5.06. The molecule has 0 radical (unpaired) electrons. The summed E-state index contributed by atoms with van der Waals surface area (Å²) in [5.74, 6) is -1.66. The van der Waals surface area contributed by atoms with Crippen molar-refractivity contribution in [3.05, 3.63) is 29.8 Å². The number of hydrogen-bond donors (Lipinski definition) is 2. The van der Waals surface area contributed by atoms with E-state index in [0.29, 0.717) is 6.54 Å². The Bertz CT molecular complexity index is 511. The van der Waals surface area contributed by atoms with Crippen molar-refractivity contribution >= 4 is 6.03 Å². The van der Waals surface area contributed by atoms with E-state index in [1.807, 2.05) is 0 Å². The first-order valence-electron chi connectivity index (χ1n) is 7.55. The van der Waals surface area contributed by atoms with Gasteiger partial charge in [0, 0.05) is 32.2 Å². The van der Waals surface area contributed by atoms with Gasteiger partial charge in [-0.3, -0.25) is 4.90 Å². The summed E-state index contributed by atoms with van der Waals surface area (Å²) >= 11 is 0. The Morgan fingerprint density at radius 3 is 2.65 bits per heavy atom. The molecule has 6 nitrogen and oxygen atoms in total. The van der Waals surface area contributed by atoms with Crippen LogP contribution in [0.3, 0.4) is 0 Å². The molecule has 1 aliphatic rings. The van der Waals surface area contributed by atoms with Crippen molar-refractivity contribution in [3.63, 3.8) is 0 Å². The van der Waals surface area contributed by atoms with E-state index >= 15 is 0 Å². The number of amides is 2. The summed E-state index contributed by atoms with van der Waals surface area (Å²) < 4.78 is 36.2. The monoisotopic (exact) mass is 329 g/mol. The molecule has 0 aliphatic carbocycles. The number of benzene rings is 1. The topological polar surface area (TPSA) is 62.8 Å². The number of carbonyl (C=O) groups excluding carboxylic acids is 1. The van der Waals surface area contributed by atoms with E-state index in [9.17, 15) is 13.6 Å². The Morgan fingerprint density at radius 1 is 1.17 bits per heavy atom. The minimum absolute atomic E-state index is 0.169. The summed E-state index contributed by atoms with van der Waals surface area (Å²) in [5, 5.41) is 5.38. The first kappa shape index (κ1) is 17.4. The van der Waals surface area contributed by atoms with Gasteiger partial charge in [0.2, 0.25) is 0 Å². The van der Waals surface area contributed by atoms with Crippen LogP contribution in [0.5, 0.6) is 5.75 Å². The molecule has 1 aromatic carbocycles. The molecule has 1 aliphatic heterocycles. The van der Waals surface area contributed by atoms with Gasteiger partial charge in [-0.25, -0.2) is 13.6 Å². The number of carbonyl (C=O) groups is 1. The van der Waals surface area contributed by atoms with Crippen molar-refractivity contribution in [1.29, 1.82) is 0 Å². The molecule has 0 atom stereocenters. The number of morpholine rings is 1. The zero-order chi connectivity index (χ0) is 16.5. The van der Waals surface area contributed by atoms with Crippen molar-refractivity contribution in [2.24, 2.45) is 0 Å². The van der Waals surface area contributed by atoms with Crippen molar-refractivity contribution in [2.75, 3.05) is 52.5 Å². The minimum Gasteiger partial charge on any atom is -0.492 e. The van der Waals surface area contributed by atoms with Crippen LogP contribution in [0.2, 0.25) is 0 Å². The second kappa shape index (κ2) is 9.26. The molecule has 0 spiro atoms. The number of nitrogens with zero attached hydrogens (tertiary/aromatic N) is 1. The standard InChI is InChI=1S/C15H21F2N3O3/c16-13-2-1-12(11-14(13)17)23-8-4-19-15(21)18-3-5-20-6-9-22-10-7-20/h1-2,11H,3-10H2,(H2,18,19,21). The van der Waals surface area contributed by atoms with Gasteiger partial charge < -0.3 is 20.1 Å². The van der Waals surface area contributed by atoms with Gasteiger partial charge in [-0.15, -0.1) is 0 Å². The zero-order valence-electron chi connectivity index (χ0n) is 12.8. The Morgan fingerprint density at radius 2 is 1.91 bits per heavy atom. The van der Waals surface area contributed by atoms with Gasteiger partial charge in [0.1, 0.15) is 12.4 Å². The molecule has 0 bridgehead atoms. The van der Waals surface area contributed by atoms with Crippen LogP contribution in [0, 0.1) is 11.6 Å². The van der Waals surface area contributed by atoms with E-state index in [-0.39, 0.29) is 24.9 Å². The third-order valence-corrected chi connectivity index (χ3v) is 3.36. The van der Waals surface area contributed by atoms with E-state index in [1.54, 1.807) is 0 Å². The van der Waals surface area contributed by atoms with Gasteiger partial charge >= 0.3 is 6.03 Å². The number of hydrogen-bond acceptors (Lipinski definition) is 4. The van der Waals surface area contributed by atoms with Crippen LogP contribution >= 0.6 is 0 Å². The highest BCUT2D eigenvalue weighted by Crippen LogP contribution is 2.14. The summed E-state index contributed by atoms with van der Waals surface area (Å²) in [6.45, 7) is 4.99. The molecule has 0 saturated carbocycles. The lowest BCUT2D eigenvalue weighted by Gasteiger charge is -2.26. The van der Waals surface area contributed by atoms with Gasteiger partial charge in [-0.05, 0) is 12.1 Å². The van der Waals surface area contributed by atoms with Crippen LogP contribution < -0.4 is 15.4 Å². The average molecular weight is 329 g/mol. The first-order chi connectivity index (χ1) is 11.1. The fourth-order valence-corrected chi connectivity index (χ4v) is 2.11. The predicted octanol–water partition coefficient (Wildman–Crippen LogP) is 0.975. The summed E-state index contributed by atoms with van der Waals surface area (Å²) in [7, 11) is 0. The normalized spacial score (nSPS) is 15.2. The van der Waals surface area contributed by atoms with Crippen molar-refractivity contribution in [1.82, 2.24) is 15.5 Å². The SMILES string of the molecule is O=C(NCCOc1ccc(F)c(F)c1)NCCN1CCOCC1. The van der Waals surface area contributed by atoms with E-state index in [4.69, 9.17) is 9.47 Å². The Balaban J connectivity index is 1.53. The smallest absolute Gasteiger partial charge is 0.314 e. The maximum Gasteiger partial charge on any atom is 0.314 e. The van der Waals surface area contributed by atoms with Crippen LogP contribution in [0.15, 0.2) is 18.2 Å². The maximum atomic E-state index is 13.0. The fourth-order valence-electron chi connectivity index (χ4n) is 2.11. The van der Waals surface area contributed by atoms with Crippen molar-refractivity contribution in [2.45, 2.75) is 0 Å². The van der Waals surface area contributed by atoms with Gasteiger partial charge in [0.25, 0.3) is 0 Å². The molecule has 1 fully saturated rings. The molecular formula is C15H21F2N3O3. The summed E-state index contributed by atoms with van der Waals surface area (Å²) in [5.41, 5.74) is 0. The summed E-state index contributed by atoms with van der Waals surface area (Å²) in [4.78, 5) is 13.8. The molecule has 2 amide bonds. The minimum atomic E-state index is -0.962. The third kappa shape index (κ3) is 6.37. The lowest BCUT2D eigenvalue weighted by Crippen LogP contribution is -2.44. The van der Waals surface area contributed by atoms with Crippen LogP contribution in [-0.4, -0.2) is 63.5 Å². The molecule has 2 N–H and O–H groups in total. The molecule has 8 heteroatoms. The second-order valence-electron chi connectivity index (χ2n) is 5.06. The summed E-state index contributed by atoms with van der Waals surface area (Å²) in [6, 6.07) is 3.02. The maximum absolute atomic E-state index is 13.0. The van der Waals surface area contributed by atoms with Crippen LogP contribution in [0.4, 0.5) is 13.6 Å². The quantitative estimate of drug-likeness (QED) is 0.732. The molecule has 0 aromatic heterocycles. The van der Waals surface area contributed by atoms with Crippen molar-refractivity contribution in [3.8, 4) is 5.75 Å². The molecule has 23 heavy (non-hydrogen) atoms. The highest BCUT2D eigenvalue weighted by molar-refractivity contribution is 5.73. The highest BCUT2D eigenvalue weighted by Gasteiger charge is 2.10. The van der Waals surface area contributed by atoms with E-state index in [1.165, 1.54) is 6.07 Å². The Hall–Kier alpha value is -1.93. The molecule has 128 valence electrons. The third-order valence-electron chi connectivity index (χ3n) is 3.36. The highest BCUT2D eigenvalue weighted by atomic mass is 19.2. The average Bonchev–Trinajstić information content (AvgIpc) is 2.56. The van der Waals surface area contributed by atoms with Gasteiger partial charge in [-0.2, -0.15) is 0 Å². The van der Waals surface area contributed by atoms with Crippen LogP contribution in [-0.2, 0) is 4.74 Å². The Kier molecular flexibility index (Phi) is 7.02. The lowest BCUT2D eigenvalue weighted by atomic mass is 10.3. The largest absolute Gasteiger partial charge is 0.492 e. The van der Waals surface area contributed by atoms with E-state index < -0.39 is 11.6 Å². The summed E-state index contributed by atoms with van der Waals surface area (Å²) in [6.07, 6.45) is 0. The van der Waals surface area contributed by atoms with Gasteiger partial charge in [-0.1, -0.05) is 0 Å². The van der Waals surface area contributed by atoms with Gasteiger partial charge in [0.05, 0.1) is 19.8 Å². The van der Waals surface area contributed by atoms with E-state index in [2.05, 4.69) is 15.5 Å². The molecule has 1 saturated heterocycles. The zero-order valence-corrected chi connectivity index (χ0v) is 12.8. The number of ether oxygens (including phenoxy) is 2. The van der Waals surface area contributed by atoms with Gasteiger partial charge in [0.15, 0.2) is 11.6 Å². The number of rotatable bonds is 7. The van der Waals surface area contributed by atoms with Crippen LogP contribution in [0.1, 0.15) is 0 Å². The number of nitrogens with one attached hydrogen (secondary N) is 2. The predicted molar refractivity (Wildman–Crippen MR) is 80.5 cm³/mol. The van der Waals surface area contributed by atoms with Crippen LogP contribution in [0.25, 0.3) is 0 Å². The molecule has 0 unspecified atom stereocenters. The lowest BCUT2D eigenvalue weighted by molar-refractivity contribution is 0.0387. The first-order valence-corrected chi connectivity index (χ1v) is 7.55. The molecular weight excluding hydrogens is 308 g/mol. The molecule has 2 rings (SSSR count). The van der Waals surface area contributed by atoms with Crippen molar-refractivity contribution < 1.29 is 23.0 Å².